The van der Waals surface area contributed by atoms with Crippen molar-refractivity contribution in [1.82, 2.24) is 0 Å². The zero-order valence-electron chi connectivity index (χ0n) is 8.06. The lowest BCUT2D eigenvalue weighted by Gasteiger charge is -1.98. The van der Waals surface area contributed by atoms with Crippen LogP contribution in [0, 0.1) is 13.8 Å². The van der Waals surface area contributed by atoms with Gasteiger partial charge in [-0.05, 0) is 19.4 Å². The van der Waals surface area contributed by atoms with Crippen LogP contribution in [0.1, 0.15) is 16.7 Å². The summed E-state index contributed by atoms with van der Waals surface area (Å²) in [5.74, 6) is 0.347. The summed E-state index contributed by atoms with van der Waals surface area (Å²) in [6.07, 6.45) is 0. The summed E-state index contributed by atoms with van der Waals surface area (Å²) in [4.78, 5) is 0. The molecule has 0 saturated heterocycles. The van der Waals surface area contributed by atoms with Crippen LogP contribution in [0.3, 0.4) is 0 Å². The summed E-state index contributed by atoms with van der Waals surface area (Å²) in [6.45, 7) is 3.90. The summed E-state index contributed by atoms with van der Waals surface area (Å²) in [5, 5.41) is 0. The molecule has 1 aromatic rings. The Balaban J connectivity index is 2.98. The van der Waals surface area contributed by atoms with Gasteiger partial charge in [0.1, 0.15) is 0 Å². The maximum atomic E-state index is 10.6. The number of aryl methyl sites for hydroxylation is 2. The molecule has 0 aliphatic carbocycles. The van der Waals surface area contributed by atoms with Crippen LogP contribution in [0.4, 0.5) is 0 Å². The van der Waals surface area contributed by atoms with E-state index in [1.54, 1.807) is 0 Å². The first kappa shape index (κ1) is 11.6. The summed E-state index contributed by atoms with van der Waals surface area (Å²) >= 11 is 0. The van der Waals surface area contributed by atoms with Crippen molar-refractivity contribution >= 4 is 19.4 Å². The molecule has 1 aromatic carbocycles. The molecule has 0 aliphatic heterocycles. The van der Waals surface area contributed by atoms with Gasteiger partial charge in [-0.3, -0.25) is 9.11 Å². The Morgan fingerprint density at radius 1 is 1.36 bits per heavy atom. The van der Waals surface area contributed by atoms with E-state index in [9.17, 15) is 4.21 Å². The molecule has 0 heterocycles. The highest BCUT2D eigenvalue weighted by Gasteiger charge is 2.12. The maximum absolute atomic E-state index is 10.6. The fraction of sp³-hybridized carbons (Fsp3) is 0.333. The first-order valence-corrected chi connectivity index (χ1v) is 7.05. The molecular weight excluding hydrogens is 220 g/mol. The third kappa shape index (κ3) is 3.71. The second-order valence-corrected chi connectivity index (χ2v) is 6.57. The highest BCUT2D eigenvalue weighted by Crippen LogP contribution is 2.11. The van der Waals surface area contributed by atoms with E-state index in [1.165, 1.54) is 0 Å². The van der Waals surface area contributed by atoms with Gasteiger partial charge in [0.2, 0.25) is 5.75 Å². The molecule has 0 saturated carbocycles. The molecule has 0 aliphatic rings. The molecule has 0 amide bonds. The van der Waals surface area contributed by atoms with Crippen molar-refractivity contribution in [3.63, 3.8) is 0 Å². The van der Waals surface area contributed by atoms with Crippen LogP contribution in [-0.4, -0.2) is 13.3 Å². The van der Waals surface area contributed by atoms with Crippen LogP contribution in [0.15, 0.2) is 18.2 Å². The van der Waals surface area contributed by atoms with Crippen LogP contribution >= 0.6 is 0 Å². The number of hydrogen-bond acceptors (Lipinski definition) is 1. The normalized spacial score (nSPS) is 11.4. The Bertz CT molecular complexity index is 437. The predicted molar refractivity (Wildman–Crippen MR) is 60.4 cm³/mol. The third-order valence-corrected chi connectivity index (χ3v) is 3.88. The summed E-state index contributed by atoms with van der Waals surface area (Å²) in [7, 11) is -3.04. The van der Waals surface area contributed by atoms with Gasteiger partial charge >= 0.3 is 9.05 Å². The number of hydrogen-bond donors (Lipinski definition) is 2. The molecule has 14 heavy (non-hydrogen) atoms. The van der Waals surface area contributed by atoms with Gasteiger partial charge in [0.25, 0.3) is 10.3 Å². The molecule has 1 rings (SSSR count). The standard InChI is InChI=1S/C9H12O3S2/c1-7-3-4-8(2)9(5-7)6-13-14(10,11)12/h3-5H,6H2,1-2H3,(H-,10,11,12)/p+1. The first-order chi connectivity index (χ1) is 6.38. The minimum atomic E-state index is -3.69. The Hall–Kier alpha value is -0.490. The minimum absolute atomic E-state index is 0.347. The van der Waals surface area contributed by atoms with Crippen LogP contribution in [0.5, 0.6) is 0 Å². The average Bonchev–Trinajstić information content (AvgIpc) is 2.05. The van der Waals surface area contributed by atoms with Crippen LogP contribution in [-0.2, 0) is 25.1 Å². The molecule has 78 valence electrons. The molecule has 0 spiro atoms. The predicted octanol–water partition coefficient (Wildman–Crippen LogP) is 2.03. The van der Waals surface area contributed by atoms with Crippen molar-refractivity contribution < 1.29 is 13.3 Å². The summed E-state index contributed by atoms with van der Waals surface area (Å²) < 4.78 is 28.0. The molecule has 3 nitrogen and oxygen atoms in total. The molecule has 0 fully saturated rings. The van der Waals surface area contributed by atoms with Gasteiger partial charge < -0.3 is 0 Å². The lowest BCUT2D eigenvalue weighted by atomic mass is 10.1. The van der Waals surface area contributed by atoms with E-state index in [0.717, 1.165) is 16.7 Å². The van der Waals surface area contributed by atoms with E-state index in [-0.39, 0.29) is 0 Å². The molecule has 0 unspecified atom stereocenters. The van der Waals surface area contributed by atoms with Gasteiger partial charge in [0, 0.05) is 5.56 Å². The Morgan fingerprint density at radius 2 is 2.00 bits per heavy atom. The number of rotatable bonds is 2. The van der Waals surface area contributed by atoms with Gasteiger partial charge in [0.15, 0.2) is 0 Å². The van der Waals surface area contributed by atoms with Crippen molar-refractivity contribution in [1.29, 1.82) is 0 Å². The van der Waals surface area contributed by atoms with Gasteiger partial charge in [-0.25, -0.2) is 0 Å². The molecule has 0 bridgehead atoms. The number of benzene rings is 1. The van der Waals surface area contributed by atoms with Gasteiger partial charge in [-0.2, -0.15) is 4.21 Å². The van der Waals surface area contributed by atoms with Crippen LogP contribution in [0.25, 0.3) is 0 Å². The molecule has 0 radical (unpaired) electrons. The van der Waals surface area contributed by atoms with E-state index in [1.807, 2.05) is 32.0 Å². The zero-order valence-corrected chi connectivity index (χ0v) is 9.69. The average molecular weight is 233 g/mol. The summed E-state index contributed by atoms with van der Waals surface area (Å²) in [6, 6.07) is 5.90. The first-order valence-electron chi connectivity index (χ1n) is 4.08. The second kappa shape index (κ2) is 4.35. The Labute approximate surface area is 87.5 Å². The van der Waals surface area contributed by atoms with Crippen molar-refractivity contribution in [2.45, 2.75) is 19.6 Å². The highest BCUT2D eigenvalue weighted by molar-refractivity contribution is 8.33. The molecule has 2 N–H and O–H groups in total. The van der Waals surface area contributed by atoms with E-state index in [0.29, 0.717) is 16.1 Å². The quantitative estimate of drug-likeness (QED) is 0.768. The van der Waals surface area contributed by atoms with Gasteiger partial charge in [-0.15, -0.1) is 0 Å². The summed E-state index contributed by atoms with van der Waals surface area (Å²) in [5.41, 5.74) is 3.14. The lowest BCUT2D eigenvalue weighted by molar-refractivity contribution is 0.450. The molecule has 5 heteroatoms. The van der Waals surface area contributed by atoms with Crippen LogP contribution < -0.4 is 0 Å². The maximum Gasteiger partial charge on any atom is 0.430 e. The molecule has 0 atom stereocenters. The minimum Gasteiger partial charge on any atom is -0.251 e. The fourth-order valence-electron chi connectivity index (χ4n) is 1.10. The Morgan fingerprint density at radius 3 is 2.57 bits per heavy atom. The molecular formula is C9H13O3S2+. The van der Waals surface area contributed by atoms with Crippen molar-refractivity contribution in [3.05, 3.63) is 34.9 Å². The van der Waals surface area contributed by atoms with Crippen molar-refractivity contribution in [2.24, 2.45) is 0 Å². The van der Waals surface area contributed by atoms with E-state index in [2.05, 4.69) is 0 Å². The smallest absolute Gasteiger partial charge is 0.251 e. The topological polar surface area (TPSA) is 57.5 Å². The third-order valence-electron chi connectivity index (χ3n) is 1.87. The van der Waals surface area contributed by atoms with E-state index >= 15 is 0 Å². The van der Waals surface area contributed by atoms with E-state index < -0.39 is 9.05 Å². The van der Waals surface area contributed by atoms with Crippen molar-refractivity contribution in [3.8, 4) is 0 Å². The fourth-order valence-corrected chi connectivity index (χ4v) is 2.53. The Kier molecular flexibility index (Phi) is 3.60. The second-order valence-electron chi connectivity index (χ2n) is 3.14. The largest absolute Gasteiger partial charge is 0.430 e. The molecule has 0 aromatic heterocycles. The monoisotopic (exact) mass is 233 g/mol. The van der Waals surface area contributed by atoms with Gasteiger partial charge in [-0.1, -0.05) is 23.8 Å². The highest BCUT2D eigenvalue weighted by atomic mass is 32.9. The van der Waals surface area contributed by atoms with Crippen LogP contribution in [0.2, 0.25) is 0 Å². The van der Waals surface area contributed by atoms with Crippen molar-refractivity contribution in [2.75, 3.05) is 0 Å². The van der Waals surface area contributed by atoms with E-state index in [4.69, 9.17) is 9.11 Å². The SMILES string of the molecule is Cc1ccc(C)c(C[S+]=S(=O)(O)O)c1. The van der Waals surface area contributed by atoms with Gasteiger partial charge in [0.05, 0.1) is 0 Å². The lowest BCUT2D eigenvalue weighted by Crippen LogP contribution is -1.98. The zero-order chi connectivity index (χ0) is 10.8.